The number of methoxy groups -OCH3 is 1. The fourth-order valence-electron chi connectivity index (χ4n) is 1.55. The summed E-state index contributed by atoms with van der Waals surface area (Å²) in [6.07, 6.45) is -0.533. The summed E-state index contributed by atoms with van der Waals surface area (Å²) in [6, 6.07) is 5.29. The molecule has 1 amide bonds. The number of hydrogen-bond acceptors (Lipinski definition) is 3. The number of nitrogens with one attached hydrogen (secondary N) is 1. The van der Waals surface area contributed by atoms with Gasteiger partial charge >= 0.3 is 6.09 Å². The number of allylic oxidation sites excluding steroid dienone is 1. The van der Waals surface area contributed by atoms with E-state index in [0.717, 1.165) is 5.56 Å². The fourth-order valence-corrected chi connectivity index (χ4v) is 1.69. The van der Waals surface area contributed by atoms with Crippen molar-refractivity contribution in [3.05, 3.63) is 30.3 Å². The van der Waals surface area contributed by atoms with Crippen LogP contribution in [0.25, 0.3) is 5.57 Å². The van der Waals surface area contributed by atoms with Gasteiger partial charge in [-0.2, -0.15) is 0 Å². The molecule has 5 heteroatoms. The van der Waals surface area contributed by atoms with E-state index in [-0.39, 0.29) is 5.88 Å². The van der Waals surface area contributed by atoms with Crippen LogP contribution in [0.3, 0.4) is 0 Å². The molecule has 0 aliphatic carbocycles. The minimum atomic E-state index is -0.563. The minimum Gasteiger partial charge on any atom is -0.497 e. The van der Waals surface area contributed by atoms with Crippen LogP contribution in [0, 0.1) is 0 Å². The smallest absolute Gasteiger partial charge is 0.412 e. The quantitative estimate of drug-likeness (QED) is 0.843. The Kier molecular flexibility index (Phi) is 5.45. The Morgan fingerprint density at radius 1 is 1.40 bits per heavy atom. The molecule has 0 aliphatic heterocycles. The molecule has 20 heavy (non-hydrogen) atoms. The van der Waals surface area contributed by atoms with Crippen molar-refractivity contribution in [2.24, 2.45) is 0 Å². The molecule has 0 saturated carbocycles. The molecule has 0 atom stereocenters. The van der Waals surface area contributed by atoms with Gasteiger partial charge in [0.1, 0.15) is 11.4 Å². The van der Waals surface area contributed by atoms with Crippen LogP contribution < -0.4 is 10.1 Å². The highest BCUT2D eigenvalue weighted by atomic mass is 35.5. The van der Waals surface area contributed by atoms with Crippen LogP contribution in [0.1, 0.15) is 26.3 Å². The van der Waals surface area contributed by atoms with Crippen LogP contribution in [-0.4, -0.2) is 24.7 Å². The third-order valence-corrected chi connectivity index (χ3v) is 2.73. The molecule has 0 heterocycles. The summed E-state index contributed by atoms with van der Waals surface area (Å²) in [6.45, 7) is 9.28. The number of halogens is 1. The largest absolute Gasteiger partial charge is 0.497 e. The molecule has 0 unspecified atom stereocenters. The topological polar surface area (TPSA) is 47.6 Å². The van der Waals surface area contributed by atoms with E-state index in [9.17, 15) is 4.79 Å². The Labute approximate surface area is 124 Å². The number of anilines is 1. The molecule has 4 nitrogen and oxygen atoms in total. The van der Waals surface area contributed by atoms with Gasteiger partial charge in [0.25, 0.3) is 0 Å². The van der Waals surface area contributed by atoms with Crippen molar-refractivity contribution in [2.75, 3.05) is 18.3 Å². The average molecular weight is 298 g/mol. The third kappa shape index (κ3) is 4.78. The zero-order chi connectivity index (χ0) is 15.3. The van der Waals surface area contributed by atoms with E-state index in [1.54, 1.807) is 46.1 Å². The summed E-state index contributed by atoms with van der Waals surface area (Å²) in [5.74, 6) is 0.900. The molecular formula is C15H20ClNO3. The molecule has 0 spiro atoms. The molecule has 0 radical (unpaired) electrons. The molecule has 0 fully saturated rings. The van der Waals surface area contributed by atoms with E-state index in [4.69, 9.17) is 21.1 Å². The highest BCUT2D eigenvalue weighted by molar-refractivity contribution is 6.23. The Morgan fingerprint density at radius 3 is 2.55 bits per heavy atom. The van der Waals surface area contributed by atoms with Crippen LogP contribution in [0.2, 0.25) is 0 Å². The van der Waals surface area contributed by atoms with Crippen molar-refractivity contribution in [1.29, 1.82) is 0 Å². The number of amides is 1. The first-order valence-electron chi connectivity index (χ1n) is 6.19. The normalized spacial score (nSPS) is 10.8. The second-order valence-corrected chi connectivity index (χ2v) is 5.54. The Balaban J connectivity index is 3.01. The van der Waals surface area contributed by atoms with Gasteiger partial charge in [-0.05, 0) is 38.5 Å². The lowest BCUT2D eigenvalue weighted by Crippen LogP contribution is -2.27. The number of alkyl halides is 1. The summed E-state index contributed by atoms with van der Waals surface area (Å²) in [5, 5.41) is 2.70. The van der Waals surface area contributed by atoms with Crippen LogP contribution in [0.4, 0.5) is 10.5 Å². The highest BCUT2D eigenvalue weighted by Crippen LogP contribution is 2.28. The highest BCUT2D eigenvalue weighted by Gasteiger charge is 2.18. The molecular weight excluding hydrogens is 278 g/mol. The predicted molar refractivity (Wildman–Crippen MR) is 82.6 cm³/mol. The molecule has 1 aromatic carbocycles. The van der Waals surface area contributed by atoms with E-state index in [2.05, 4.69) is 11.9 Å². The average Bonchev–Trinajstić information content (AvgIpc) is 2.35. The van der Waals surface area contributed by atoms with Gasteiger partial charge in [0.2, 0.25) is 0 Å². The lowest BCUT2D eigenvalue weighted by molar-refractivity contribution is 0.0636. The van der Waals surface area contributed by atoms with Gasteiger partial charge in [-0.3, -0.25) is 5.32 Å². The first-order valence-corrected chi connectivity index (χ1v) is 6.72. The Bertz CT molecular complexity index is 506. The van der Waals surface area contributed by atoms with Gasteiger partial charge in [-0.15, -0.1) is 11.6 Å². The van der Waals surface area contributed by atoms with Crippen molar-refractivity contribution < 1.29 is 14.3 Å². The fraction of sp³-hybridized carbons (Fsp3) is 0.400. The number of benzene rings is 1. The van der Waals surface area contributed by atoms with Gasteiger partial charge in [0.15, 0.2) is 0 Å². The van der Waals surface area contributed by atoms with E-state index < -0.39 is 11.7 Å². The maximum Gasteiger partial charge on any atom is 0.412 e. The number of hydrogen-bond donors (Lipinski definition) is 1. The molecule has 0 aromatic heterocycles. The molecule has 0 saturated heterocycles. The van der Waals surface area contributed by atoms with Crippen molar-refractivity contribution in [2.45, 2.75) is 26.4 Å². The molecule has 1 rings (SSSR count). The summed E-state index contributed by atoms with van der Waals surface area (Å²) in [7, 11) is 1.56. The van der Waals surface area contributed by atoms with E-state index >= 15 is 0 Å². The second-order valence-electron chi connectivity index (χ2n) is 5.28. The van der Waals surface area contributed by atoms with Gasteiger partial charge in [-0.25, -0.2) is 4.79 Å². The third-order valence-electron chi connectivity index (χ3n) is 2.40. The Hall–Kier alpha value is -1.68. The van der Waals surface area contributed by atoms with Crippen molar-refractivity contribution in [3.8, 4) is 5.75 Å². The molecule has 110 valence electrons. The van der Waals surface area contributed by atoms with Crippen LogP contribution in [0.5, 0.6) is 5.75 Å². The van der Waals surface area contributed by atoms with Gasteiger partial charge < -0.3 is 9.47 Å². The van der Waals surface area contributed by atoms with Crippen LogP contribution >= 0.6 is 11.6 Å². The van der Waals surface area contributed by atoms with Crippen molar-refractivity contribution in [1.82, 2.24) is 0 Å². The number of carbonyl (C=O) groups excluding carboxylic acids is 1. The van der Waals surface area contributed by atoms with Gasteiger partial charge in [0, 0.05) is 17.5 Å². The van der Waals surface area contributed by atoms with E-state index in [1.807, 2.05) is 0 Å². The molecule has 0 bridgehead atoms. The maximum absolute atomic E-state index is 11.9. The zero-order valence-corrected chi connectivity index (χ0v) is 13.0. The first-order chi connectivity index (χ1) is 9.26. The summed E-state index contributed by atoms with van der Waals surface area (Å²) >= 11 is 5.80. The van der Waals surface area contributed by atoms with Crippen molar-refractivity contribution in [3.63, 3.8) is 0 Å². The van der Waals surface area contributed by atoms with Crippen LogP contribution in [-0.2, 0) is 4.74 Å². The zero-order valence-electron chi connectivity index (χ0n) is 12.2. The lowest BCUT2D eigenvalue weighted by Gasteiger charge is -2.21. The van der Waals surface area contributed by atoms with Gasteiger partial charge in [-0.1, -0.05) is 6.58 Å². The monoisotopic (exact) mass is 297 g/mol. The summed E-state index contributed by atoms with van der Waals surface area (Å²) < 4.78 is 10.4. The SMILES string of the molecule is C=C(CCl)c1ccc(OC)cc1NC(=O)OC(C)(C)C. The maximum atomic E-state index is 11.9. The minimum absolute atomic E-state index is 0.273. The summed E-state index contributed by atoms with van der Waals surface area (Å²) in [4.78, 5) is 11.9. The predicted octanol–water partition coefficient (Wildman–Crippen LogP) is 4.29. The number of rotatable bonds is 4. The molecule has 0 aliphatic rings. The molecule has 1 N–H and O–H groups in total. The standard InChI is InChI=1S/C15H20ClNO3/c1-10(9-16)12-7-6-11(19-5)8-13(12)17-14(18)20-15(2,3)4/h6-8H,1,9H2,2-5H3,(H,17,18). The van der Waals surface area contributed by atoms with E-state index in [1.165, 1.54) is 0 Å². The Morgan fingerprint density at radius 2 is 2.05 bits per heavy atom. The van der Waals surface area contributed by atoms with Gasteiger partial charge in [0.05, 0.1) is 12.8 Å². The first kappa shape index (κ1) is 16.4. The number of carbonyl (C=O) groups is 1. The summed E-state index contributed by atoms with van der Waals surface area (Å²) in [5.41, 5.74) is 1.46. The lowest BCUT2D eigenvalue weighted by atomic mass is 10.1. The second kappa shape index (κ2) is 6.66. The van der Waals surface area contributed by atoms with Crippen LogP contribution in [0.15, 0.2) is 24.8 Å². The van der Waals surface area contributed by atoms with Crippen molar-refractivity contribution >= 4 is 29.0 Å². The van der Waals surface area contributed by atoms with E-state index in [0.29, 0.717) is 17.0 Å². The molecule has 1 aromatic rings. The number of ether oxygens (including phenoxy) is 2.